The molecule has 0 aromatic carbocycles. The number of nitrogens with one attached hydrogen (secondary N) is 1. The minimum atomic E-state index is -0.0690. The van der Waals surface area contributed by atoms with E-state index < -0.39 is 0 Å². The molecule has 0 atom stereocenters. The van der Waals surface area contributed by atoms with Gasteiger partial charge < -0.3 is 19.6 Å². The minimum Gasteiger partial charge on any atom is -0.379 e. The summed E-state index contributed by atoms with van der Waals surface area (Å²) in [4.78, 5) is 24.6. The van der Waals surface area contributed by atoms with Crippen molar-refractivity contribution in [2.24, 2.45) is 5.11 Å². The van der Waals surface area contributed by atoms with Crippen molar-refractivity contribution in [1.82, 2.24) is 5.32 Å². The van der Waals surface area contributed by atoms with Crippen LogP contribution in [0.2, 0.25) is 0 Å². The van der Waals surface area contributed by atoms with Crippen LogP contribution in [-0.2, 0) is 19.1 Å². The van der Waals surface area contributed by atoms with E-state index in [4.69, 9.17) is 15.0 Å². The van der Waals surface area contributed by atoms with Gasteiger partial charge in [0.2, 0.25) is 5.91 Å². The SMILES string of the molecule is CC(=O)CCCC(=O)NCCOCCOCCN=[N+]=[N-]. The lowest BCUT2D eigenvalue weighted by atomic mass is 10.2. The number of ketones is 1. The molecule has 0 heterocycles. The zero-order valence-electron chi connectivity index (χ0n) is 11.8. The Labute approximate surface area is 118 Å². The Hall–Kier alpha value is -1.63. The van der Waals surface area contributed by atoms with Gasteiger partial charge in [0.15, 0.2) is 0 Å². The second-order valence-corrected chi connectivity index (χ2v) is 4.08. The van der Waals surface area contributed by atoms with E-state index in [0.717, 1.165) is 0 Å². The Kier molecular flexibility index (Phi) is 12.7. The predicted octanol–water partition coefficient (Wildman–Crippen LogP) is 1.21. The standard InChI is InChI=1S/C12H22N4O4/c1-11(17)3-2-4-12(18)14-5-7-19-9-10-20-8-6-15-16-13/h2-10H2,1H3,(H,14,18). The fourth-order valence-electron chi connectivity index (χ4n) is 1.32. The number of hydrogen-bond acceptors (Lipinski definition) is 5. The summed E-state index contributed by atoms with van der Waals surface area (Å²) >= 11 is 0. The van der Waals surface area contributed by atoms with Gasteiger partial charge in [0, 0.05) is 30.8 Å². The quantitative estimate of drug-likeness (QED) is 0.237. The molecular weight excluding hydrogens is 264 g/mol. The highest BCUT2D eigenvalue weighted by Gasteiger charge is 2.01. The summed E-state index contributed by atoms with van der Waals surface area (Å²) in [6.07, 6.45) is 1.39. The maximum absolute atomic E-state index is 11.3. The summed E-state index contributed by atoms with van der Waals surface area (Å²) in [5, 5.41) is 6.02. The topological polar surface area (TPSA) is 113 Å². The van der Waals surface area contributed by atoms with E-state index in [1.165, 1.54) is 6.92 Å². The molecule has 1 amide bonds. The highest BCUT2D eigenvalue weighted by molar-refractivity contribution is 5.78. The summed E-state index contributed by atoms with van der Waals surface area (Å²) in [6, 6.07) is 0. The van der Waals surface area contributed by atoms with Gasteiger partial charge in [0.25, 0.3) is 0 Å². The van der Waals surface area contributed by atoms with Crippen molar-refractivity contribution in [1.29, 1.82) is 0 Å². The molecule has 114 valence electrons. The average molecular weight is 286 g/mol. The number of azide groups is 1. The van der Waals surface area contributed by atoms with Crippen LogP contribution in [0.5, 0.6) is 0 Å². The number of amides is 1. The van der Waals surface area contributed by atoms with Crippen molar-refractivity contribution < 1.29 is 19.1 Å². The first-order valence-corrected chi connectivity index (χ1v) is 6.59. The summed E-state index contributed by atoms with van der Waals surface area (Å²) in [7, 11) is 0. The first kappa shape index (κ1) is 18.4. The maximum Gasteiger partial charge on any atom is 0.220 e. The molecule has 0 bridgehead atoms. The third-order valence-electron chi connectivity index (χ3n) is 2.27. The van der Waals surface area contributed by atoms with Crippen LogP contribution in [0.4, 0.5) is 0 Å². The maximum atomic E-state index is 11.3. The van der Waals surface area contributed by atoms with Crippen LogP contribution in [0.3, 0.4) is 0 Å². The molecule has 0 aliphatic carbocycles. The van der Waals surface area contributed by atoms with Crippen LogP contribution in [-0.4, -0.2) is 51.2 Å². The number of hydrogen-bond donors (Lipinski definition) is 1. The molecule has 0 aromatic rings. The summed E-state index contributed by atoms with van der Waals surface area (Å²) < 4.78 is 10.4. The van der Waals surface area contributed by atoms with Gasteiger partial charge in [-0.2, -0.15) is 0 Å². The number of carbonyl (C=O) groups is 2. The molecule has 0 radical (unpaired) electrons. The number of carbonyl (C=O) groups excluding carboxylic acids is 2. The Morgan fingerprint density at radius 1 is 1.15 bits per heavy atom. The Morgan fingerprint density at radius 2 is 1.85 bits per heavy atom. The molecule has 0 spiro atoms. The van der Waals surface area contributed by atoms with E-state index >= 15 is 0 Å². The third kappa shape index (κ3) is 14.4. The van der Waals surface area contributed by atoms with E-state index in [0.29, 0.717) is 58.8 Å². The highest BCUT2D eigenvalue weighted by Crippen LogP contribution is 1.95. The minimum absolute atomic E-state index is 0.0690. The second kappa shape index (κ2) is 13.8. The van der Waals surface area contributed by atoms with Crippen LogP contribution in [0, 0.1) is 0 Å². The van der Waals surface area contributed by atoms with E-state index in [2.05, 4.69) is 15.3 Å². The van der Waals surface area contributed by atoms with Crippen molar-refractivity contribution in [2.45, 2.75) is 26.2 Å². The van der Waals surface area contributed by atoms with E-state index in [-0.39, 0.29) is 11.7 Å². The molecule has 0 aliphatic heterocycles. The van der Waals surface area contributed by atoms with Gasteiger partial charge in [0.1, 0.15) is 5.78 Å². The van der Waals surface area contributed by atoms with E-state index in [9.17, 15) is 9.59 Å². The lowest BCUT2D eigenvalue weighted by molar-refractivity contribution is -0.121. The highest BCUT2D eigenvalue weighted by atomic mass is 16.5. The van der Waals surface area contributed by atoms with Crippen LogP contribution < -0.4 is 5.32 Å². The molecule has 0 unspecified atom stereocenters. The normalized spacial score (nSPS) is 9.85. The largest absolute Gasteiger partial charge is 0.379 e. The van der Waals surface area contributed by atoms with Crippen molar-refractivity contribution in [3.8, 4) is 0 Å². The predicted molar refractivity (Wildman–Crippen MR) is 73.2 cm³/mol. The van der Waals surface area contributed by atoms with Gasteiger partial charge in [-0.05, 0) is 18.9 Å². The molecule has 0 rings (SSSR count). The lowest BCUT2D eigenvalue weighted by Gasteiger charge is -2.06. The van der Waals surface area contributed by atoms with Crippen LogP contribution in [0.25, 0.3) is 10.4 Å². The van der Waals surface area contributed by atoms with Gasteiger partial charge in [-0.25, -0.2) is 0 Å². The average Bonchev–Trinajstić information content (AvgIpc) is 2.40. The van der Waals surface area contributed by atoms with Crippen molar-refractivity contribution in [3.05, 3.63) is 10.4 Å². The molecule has 0 saturated carbocycles. The number of nitrogens with zero attached hydrogens (tertiary/aromatic N) is 3. The molecule has 0 aliphatic rings. The fourth-order valence-corrected chi connectivity index (χ4v) is 1.32. The molecule has 0 saturated heterocycles. The molecule has 8 nitrogen and oxygen atoms in total. The van der Waals surface area contributed by atoms with Crippen LogP contribution in [0.1, 0.15) is 26.2 Å². The summed E-state index contributed by atoms with van der Waals surface area (Å²) in [6.45, 7) is 3.91. The molecule has 0 fully saturated rings. The zero-order valence-corrected chi connectivity index (χ0v) is 11.8. The van der Waals surface area contributed by atoms with Gasteiger partial charge in [-0.15, -0.1) is 0 Å². The summed E-state index contributed by atoms with van der Waals surface area (Å²) in [5.41, 5.74) is 8.02. The zero-order chi connectivity index (χ0) is 15.1. The first-order chi connectivity index (χ1) is 9.66. The molecule has 1 N–H and O–H groups in total. The van der Waals surface area contributed by atoms with Crippen LogP contribution in [0.15, 0.2) is 5.11 Å². The molecule has 8 heteroatoms. The van der Waals surface area contributed by atoms with E-state index in [1.807, 2.05) is 0 Å². The molecule has 20 heavy (non-hydrogen) atoms. The number of rotatable bonds is 13. The third-order valence-corrected chi connectivity index (χ3v) is 2.27. The summed E-state index contributed by atoms with van der Waals surface area (Å²) in [5.74, 6) is 0.0297. The van der Waals surface area contributed by atoms with E-state index in [1.54, 1.807) is 0 Å². The molecule has 0 aromatic heterocycles. The lowest BCUT2D eigenvalue weighted by Crippen LogP contribution is -2.27. The smallest absolute Gasteiger partial charge is 0.220 e. The van der Waals surface area contributed by atoms with Gasteiger partial charge in [-0.3, -0.25) is 4.79 Å². The Balaban J connectivity index is 3.20. The van der Waals surface area contributed by atoms with Crippen LogP contribution >= 0.6 is 0 Å². The molecular formula is C12H22N4O4. The second-order valence-electron chi connectivity index (χ2n) is 4.08. The van der Waals surface area contributed by atoms with Gasteiger partial charge in [0.05, 0.1) is 26.4 Å². The fraction of sp³-hybridized carbons (Fsp3) is 0.833. The van der Waals surface area contributed by atoms with Gasteiger partial charge >= 0.3 is 0 Å². The van der Waals surface area contributed by atoms with Gasteiger partial charge in [-0.1, -0.05) is 5.11 Å². The Bertz CT molecular complexity index is 329. The van der Waals surface area contributed by atoms with Crippen molar-refractivity contribution >= 4 is 11.7 Å². The Morgan fingerprint density at radius 3 is 2.50 bits per heavy atom. The monoisotopic (exact) mass is 286 g/mol. The first-order valence-electron chi connectivity index (χ1n) is 6.59. The van der Waals surface area contributed by atoms with Crippen molar-refractivity contribution in [3.63, 3.8) is 0 Å². The number of Topliss-reactive ketones (excluding diaryl/α,β-unsaturated/α-hetero) is 1. The van der Waals surface area contributed by atoms with Crippen molar-refractivity contribution in [2.75, 3.05) is 39.5 Å². The number of ether oxygens (including phenoxy) is 2.